The van der Waals surface area contributed by atoms with E-state index >= 15 is 0 Å². The third-order valence-electron chi connectivity index (χ3n) is 4.12. The summed E-state index contributed by atoms with van der Waals surface area (Å²) in [4.78, 5) is 17.1. The summed E-state index contributed by atoms with van der Waals surface area (Å²) < 4.78 is 0. The second-order valence-electron chi connectivity index (χ2n) is 5.40. The number of hydrogen-bond acceptors (Lipinski definition) is 2. The van der Waals surface area contributed by atoms with Gasteiger partial charge in [0.15, 0.2) is 0 Å². The molecule has 19 heavy (non-hydrogen) atoms. The number of fused-ring (bicyclic) bond motifs is 1. The first-order valence-corrected chi connectivity index (χ1v) is 7.04. The van der Waals surface area contributed by atoms with Crippen molar-refractivity contribution in [3.63, 3.8) is 0 Å². The Bertz CT molecular complexity index is 590. The molecule has 100 valence electrons. The molecule has 3 heteroatoms. The summed E-state index contributed by atoms with van der Waals surface area (Å²) >= 11 is 0. The number of aromatic amines is 1. The lowest BCUT2D eigenvalue weighted by Crippen LogP contribution is -2.35. The van der Waals surface area contributed by atoms with Crippen molar-refractivity contribution in [3.8, 4) is 0 Å². The maximum atomic E-state index is 11.2. The second-order valence-corrected chi connectivity index (χ2v) is 5.40. The van der Waals surface area contributed by atoms with Gasteiger partial charge in [0.25, 0.3) is 0 Å². The number of rotatable bonds is 3. The van der Waals surface area contributed by atoms with Gasteiger partial charge in [-0.1, -0.05) is 18.2 Å². The van der Waals surface area contributed by atoms with Gasteiger partial charge in [0.1, 0.15) is 5.78 Å². The van der Waals surface area contributed by atoms with Gasteiger partial charge < -0.3 is 9.88 Å². The predicted molar refractivity (Wildman–Crippen MR) is 77.4 cm³/mol. The Morgan fingerprint density at radius 2 is 1.95 bits per heavy atom. The molecule has 1 N–H and O–H groups in total. The number of H-pyrrole nitrogens is 1. The molecule has 0 bridgehead atoms. The number of ketones is 1. The average molecular weight is 256 g/mol. The van der Waals surface area contributed by atoms with Crippen LogP contribution in [0.4, 0.5) is 0 Å². The first-order valence-electron chi connectivity index (χ1n) is 7.04. The summed E-state index contributed by atoms with van der Waals surface area (Å²) in [6, 6.07) is 8.48. The van der Waals surface area contributed by atoms with E-state index < -0.39 is 0 Å². The lowest BCUT2D eigenvalue weighted by Gasteiger charge is -2.25. The summed E-state index contributed by atoms with van der Waals surface area (Å²) in [6.45, 7) is 5.06. The Morgan fingerprint density at radius 3 is 2.74 bits per heavy atom. The van der Waals surface area contributed by atoms with Crippen LogP contribution in [0, 0.1) is 6.92 Å². The number of carbonyl (C=O) groups is 1. The van der Waals surface area contributed by atoms with E-state index in [9.17, 15) is 4.79 Å². The molecular weight excluding hydrogens is 236 g/mol. The van der Waals surface area contributed by atoms with E-state index in [1.54, 1.807) is 0 Å². The van der Waals surface area contributed by atoms with Gasteiger partial charge in [0.05, 0.1) is 0 Å². The Balaban J connectivity index is 1.71. The maximum absolute atomic E-state index is 11.2. The van der Waals surface area contributed by atoms with Crippen LogP contribution >= 0.6 is 0 Å². The number of nitrogens with zero attached hydrogens (tertiary/aromatic N) is 1. The monoisotopic (exact) mass is 256 g/mol. The van der Waals surface area contributed by atoms with Crippen molar-refractivity contribution in [2.24, 2.45) is 0 Å². The van der Waals surface area contributed by atoms with Gasteiger partial charge in [-0.2, -0.15) is 0 Å². The first kappa shape index (κ1) is 12.4. The van der Waals surface area contributed by atoms with Crippen LogP contribution in [0.15, 0.2) is 24.3 Å². The van der Waals surface area contributed by atoms with Crippen molar-refractivity contribution in [2.45, 2.75) is 26.2 Å². The van der Waals surface area contributed by atoms with Crippen LogP contribution in [-0.4, -0.2) is 35.3 Å². The molecule has 3 nitrogen and oxygen atoms in total. The fraction of sp³-hybridized carbons (Fsp3) is 0.438. The molecule has 3 rings (SSSR count). The smallest absolute Gasteiger partial charge is 0.135 e. The second kappa shape index (κ2) is 5.17. The largest absolute Gasteiger partial charge is 0.358 e. The normalized spacial score (nSPS) is 17.2. The third kappa shape index (κ3) is 2.56. The van der Waals surface area contributed by atoms with E-state index in [-0.39, 0.29) is 0 Å². The van der Waals surface area contributed by atoms with Crippen LogP contribution in [0.3, 0.4) is 0 Å². The number of benzene rings is 1. The average Bonchev–Trinajstić information content (AvgIpc) is 2.74. The molecule has 0 unspecified atom stereocenters. The fourth-order valence-corrected chi connectivity index (χ4v) is 2.95. The molecule has 0 atom stereocenters. The highest BCUT2D eigenvalue weighted by Gasteiger charge is 2.16. The first-order chi connectivity index (χ1) is 9.24. The zero-order chi connectivity index (χ0) is 13.2. The van der Waals surface area contributed by atoms with Crippen LogP contribution < -0.4 is 0 Å². The molecule has 2 heterocycles. The van der Waals surface area contributed by atoms with Gasteiger partial charge in [-0.05, 0) is 25.0 Å². The molecule has 1 aromatic heterocycles. The molecule has 0 amide bonds. The lowest BCUT2D eigenvalue weighted by atomic mass is 10.1. The highest BCUT2D eigenvalue weighted by Crippen LogP contribution is 2.22. The number of hydrogen-bond donors (Lipinski definition) is 1. The minimum absolute atomic E-state index is 0.416. The molecule has 1 aliphatic rings. The molecule has 0 saturated carbocycles. The molecule has 0 radical (unpaired) electrons. The number of para-hydroxylation sites is 1. The Morgan fingerprint density at radius 1 is 1.21 bits per heavy atom. The summed E-state index contributed by atoms with van der Waals surface area (Å²) in [5, 5.41) is 1.34. The topological polar surface area (TPSA) is 36.1 Å². The number of aromatic nitrogens is 1. The molecule has 1 aromatic carbocycles. The number of Topliss-reactive ketones (excluding diaryl/α,β-unsaturated/α-hetero) is 1. The molecule has 0 spiro atoms. The van der Waals surface area contributed by atoms with Crippen LogP contribution in [-0.2, 0) is 11.2 Å². The van der Waals surface area contributed by atoms with Gasteiger partial charge >= 0.3 is 0 Å². The molecule has 1 aliphatic heterocycles. The minimum Gasteiger partial charge on any atom is -0.358 e. The highest BCUT2D eigenvalue weighted by atomic mass is 16.1. The van der Waals surface area contributed by atoms with Crippen LogP contribution in [0.25, 0.3) is 10.9 Å². The van der Waals surface area contributed by atoms with Crippen molar-refractivity contribution in [2.75, 3.05) is 19.6 Å². The molecule has 2 aromatic rings. The minimum atomic E-state index is 0.416. The molecule has 1 saturated heterocycles. The van der Waals surface area contributed by atoms with Crippen molar-refractivity contribution in [3.05, 3.63) is 35.5 Å². The summed E-state index contributed by atoms with van der Waals surface area (Å²) in [5.41, 5.74) is 3.92. The Kier molecular flexibility index (Phi) is 3.38. The zero-order valence-corrected chi connectivity index (χ0v) is 11.4. The predicted octanol–water partition coefficient (Wildman–Crippen LogP) is 2.68. The van der Waals surface area contributed by atoms with E-state index in [4.69, 9.17) is 0 Å². The number of piperidine rings is 1. The maximum Gasteiger partial charge on any atom is 0.135 e. The summed E-state index contributed by atoms with van der Waals surface area (Å²) in [7, 11) is 0. The van der Waals surface area contributed by atoms with E-state index in [1.807, 2.05) is 0 Å². The zero-order valence-electron chi connectivity index (χ0n) is 11.4. The van der Waals surface area contributed by atoms with Crippen molar-refractivity contribution in [1.82, 2.24) is 9.88 Å². The van der Waals surface area contributed by atoms with Crippen molar-refractivity contribution >= 4 is 16.7 Å². The van der Waals surface area contributed by atoms with E-state index in [0.29, 0.717) is 5.78 Å². The van der Waals surface area contributed by atoms with Gasteiger partial charge in [-0.25, -0.2) is 0 Å². The highest BCUT2D eigenvalue weighted by molar-refractivity contribution is 5.84. The van der Waals surface area contributed by atoms with Gasteiger partial charge in [-0.3, -0.25) is 4.79 Å². The summed E-state index contributed by atoms with van der Waals surface area (Å²) in [6.07, 6.45) is 2.52. The van der Waals surface area contributed by atoms with Gasteiger partial charge in [0.2, 0.25) is 0 Å². The van der Waals surface area contributed by atoms with Crippen LogP contribution in [0.5, 0.6) is 0 Å². The number of nitrogens with one attached hydrogen (secondary N) is 1. The fourth-order valence-electron chi connectivity index (χ4n) is 2.95. The van der Waals surface area contributed by atoms with E-state index in [0.717, 1.165) is 38.9 Å². The van der Waals surface area contributed by atoms with Crippen molar-refractivity contribution in [1.29, 1.82) is 0 Å². The third-order valence-corrected chi connectivity index (χ3v) is 4.12. The standard InChI is InChI=1S/C16H20N2O/c1-12-14(15-4-2-3-5-16(15)17-12)8-11-18-9-6-13(19)7-10-18/h2-5,17H,6-11H2,1H3. The van der Waals surface area contributed by atoms with Crippen molar-refractivity contribution < 1.29 is 4.79 Å². The Hall–Kier alpha value is -1.61. The number of carbonyl (C=O) groups excluding carboxylic acids is 1. The van der Waals surface area contributed by atoms with Crippen LogP contribution in [0.2, 0.25) is 0 Å². The van der Waals surface area contributed by atoms with E-state index in [1.165, 1.54) is 22.2 Å². The van der Waals surface area contributed by atoms with Crippen LogP contribution in [0.1, 0.15) is 24.1 Å². The molecular formula is C16H20N2O. The SMILES string of the molecule is Cc1[nH]c2ccccc2c1CCN1CCC(=O)CC1. The quantitative estimate of drug-likeness (QED) is 0.916. The molecule has 0 aliphatic carbocycles. The Labute approximate surface area is 113 Å². The van der Waals surface area contributed by atoms with Gasteiger partial charge in [0, 0.05) is 49.1 Å². The van der Waals surface area contributed by atoms with E-state index in [2.05, 4.69) is 41.1 Å². The number of aryl methyl sites for hydroxylation is 1. The van der Waals surface area contributed by atoms with Gasteiger partial charge in [-0.15, -0.1) is 0 Å². The summed E-state index contributed by atoms with van der Waals surface area (Å²) in [5.74, 6) is 0.416. The number of likely N-dealkylation sites (tertiary alicyclic amines) is 1. The molecule has 1 fully saturated rings. The lowest BCUT2D eigenvalue weighted by molar-refractivity contribution is -0.121.